The number of anilines is 1. The summed E-state index contributed by atoms with van der Waals surface area (Å²) in [5.41, 5.74) is 1.17. The summed E-state index contributed by atoms with van der Waals surface area (Å²) >= 11 is 0. The minimum absolute atomic E-state index is 0.00345. The smallest absolute Gasteiger partial charge is 0.410 e. The van der Waals surface area contributed by atoms with E-state index >= 15 is 0 Å². The fourth-order valence-corrected chi connectivity index (χ4v) is 3.11. The van der Waals surface area contributed by atoms with E-state index in [9.17, 15) is 14.0 Å². The molecule has 4 rings (SSSR count). The second-order valence-corrected chi connectivity index (χ2v) is 6.62. The Balaban J connectivity index is 1.27. The van der Waals surface area contributed by atoms with Crippen LogP contribution < -0.4 is 5.32 Å². The van der Waals surface area contributed by atoms with Crippen molar-refractivity contribution in [3.05, 3.63) is 59.9 Å². The summed E-state index contributed by atoms with van der Waals surface area (Å²) in [6, 6.07) is 12.8. The molecule has 1 fully saturated rings. The number of aromatic nitrogens is 1. The van der Waals surface area contributed by atoms with Crippen molar-refractivity contribution >= 4 is 28.9 Å². The maximum absolute atomic E-state index is 13.2. The van der Waals surface area contributed by atoms with Gasteiger partial charge in [0.05, 0.1) is 5.39 Å². The number of halogens is 1. The quantitative estimate of drug-likeness (QED) is 0.730. The Bertz CT molecular complexity index is 1030. The van der Waals surface area contributed by atoms with Gasteiger partial charge in [0.25, 0.3) is 0 Å². The molecule has 1 N–H and O–H groups in total. The lowest BCUT2D eigenvalue weighted by atomic mass is 10.2. The number of hydrogen-bond acceptors (Lipinski definition) is 5. The Morgan fingerprint density at radius 3 is 2.62 bits per heavy atom. The first-order valence-corrected chi connectivity index (χ1v) is 9.16. The van der Waals surface area contributed by atoms with Crippen LogP contribution in [0.1, 0.15) is 5.56 Å². The van der Waals surface area contributed by atoms with Crippen molar-refractivity contribution in [3.8, 4) is 0 Å². The minimum Gasteiger partial charge on any atom is -0.445 e. The van der Waals surface area contributed by atoms with Gasteiger partial charge in [-0.15, -0.1) is 0 Å². The number of piperazine rings is 1. The van der Waals surface area contributed by atoms with E-state index in [1.165, 1.54) is 17.0 Å². The fourth-order valence-electron chi connectivity index (χ4n) is 3.11. The van der Waals surface area contributed by atoms with Crippen LogP contribution in [0.4, 0.5) is 19.8 Å². The second kappa shape index (κ2) is 8.17. The molecule has 0 radical (unpaired) electrons. The highest BCUT2D eigenvalue weighted by Crippen LogP contribution is 2.22. The van der Waals surface area contributed by atoms with Gasteiger partial charge in [-0.1, -0.05) is 29.4 Å². The van der Waals surface area contributed by atoms with E-state index in [0.29, 0.717) is 43.1 Å². The number of benzene rings is 2. The number of nitrogens with zero attached hydrogens (tertiary/aromatic N) is 3. The van der Waals surface area contributed by atoms with Crippen LogP contribution in [0.5, 0.6) is 0 Å². The first-order valence-electron chi connectivity index (χ1n) is 9.16. The number of hydrogen-bond donors (Lipinski definition) is 1. The van der Waals surface area contributed by atoms with Crippen LogP contribution in [0.25, 0.3) is 11.0 Å². The van der Waals surface area contributed by atoms with Crippen molar-refractivity contribution in [1.82, 2.24) is 15.0 Å². The molecule has 8 nitrogen and oxygen atoms in total. The van der Waals surface area contributed by atoms with E-state index < -0.39 is 6.09 Å². The van der Waals surface area contributed by atoms with Gasteiger partial charge in [-0.05, 0) is 29.8 Å². The fraction of sp³-hybridized carbons (Fsp3) is 0.250. The van der Waals surface area contributed by atoms with Gasteiger partial charge >= 0.3 is 12.1 Å². The average molecular weight is 398 g/mol. The van der Waals surface area contributed by atoms with E-state index in [1.807, 2.05) is 18.2 Å². The summed E-state index contributed by atoms with van der Waals surface area (Å²) in [4.78, 5) is 27.8. The standard InChI is InChI=1S/C20H19FN4O4/c21-15-5-3-4-14(12-15)13-28-20(27)25-10-8-24(9-11-25)19(26)22-18-16-6-1-2-7-17(16)29-23-18/h1-7,12H,8-11,13H2,(H,22,23,26). The molecule has 3 aromatic rings. The number of rotatable bonds is 3. The van der Waals surface area contributed by atoms with Crippen molar-refractivity contribution in [2.45, 2.75) is 6.61 Å². The number of ether oxygens (including phenoxy) is 1. The molecule has 1 saturated heterocycles. The van der Waals surface area contributed by atoms with Gasteiger partial charge in [0.1, 0.15) is 12.4 Å². The lowest BCUT2D eigenvalue weighted by molar-refractivity contribution is 0.0782. The number of nitrogens with one attached hydrogen (secondary N) is 1. The zero-order valence-corrected chi connectivity index (χ0v) is 15.5. The molecule has 0 unspecified atom stereocenters. The van der Waals surface area contributed by atoms with Gasteiger partial charge in [0.15, 0.2) is 11.4 Å². The van der Waals surface area contributed by atoms with Crippen LogP contribution in [0, 0.1) is 5.82 Å². The highest BCUT2D eigenvalue weighted by atomic mass is 19.1. The van der Waals surface area contributed by atoms with Gasteiger partial charge in [-0.3, -0.25) is 5.32 Å². The van der Waals surface area contributed by atoms with Crippen molar-refractivity contribution in [1.29, 1.82) is 0 Å². The molecule has 0 bridgehead atoms. The van der Waals surface area contributed by atoms with Crippen LogP contribution in [0.2, 0.25) is 0 Å². The third-order valence-electron chi connectivity index (χ3n) is 4.68. The molecule has 0 aliphatic carbocycles. The summed E-state index contributed by atoms with van der Waals surface area (Å²) in [6.45, 7) is 1.40. The number of fused-ring (bicyclic) bond motifs is 1. The lowest BCUT2D eigenvalue weighted by Crippen LogP contribution is -2.51. The first-order chi connectivity index (χ1) is 14.1. The van der Waals surface area contributed by atoms with Gasteiger partial charge in [-0.2, -0.15) is 0 Å². The molecule has 29 heavy (non-hydrogen) atoms. The average Bonchev–Trinajstić information content (AvgIpc) is 3.15. The monoisotopic (exact) mass is 398 g/mol. The molecule has 150 valence electrons. The van der Waals surface area contributed by atoms with E-state index in [1.54, 1.807) is 23.1 Å². The number of carbonyl (C=O) groups is 2. The second-order valence-electron chi connectivity index (χ2n) is 6.62. The maximum atomic E-state index is 13.2. The van der Waals surface area contributed by atoms with Crippen LogP contribution in [0.15, 0.2) is 53.1 Å². The predicted octanol–water partition coefficient (Wildman–Crippen LogP) is 3.45. The van der Waals surface area contributed by atoms with E-state index in [-0.39, 0.29) is 18.5 Å². The molecule has 1 aliphatic rings. The van der Waals surface area contributed by atoms with E-state index in [4.69, 9.17) is 9.26 Å². The van der Waals surface area contributed by atoms with Crippen LogP contribution in [0.3, 0.4) is 0 Å². The summed E-state index contributed by atoms with van der Waals surface area (Å²) in [5.74, 6) is -0.0133. The molecule has 9 heteroatoms. The number of carbonyl (C=O) groups excluding carboxylic acids is 2. The number of para-hydroxylation sites is 1. The minimum atomic E-state index is -0.489. The number of urea groups is 1. The zero-order chi connectivity index (χ0) is 20.2. The topological polar surface area (TPSA) is 87.9 Å². The molecule has 3 amide bonds. The molecule has 1 aromatic heterocycles. The molecule has 0 atom stereocenters. The van der Waals surface area contributed by atoms with Gasteiger partial charge in [0.2, 0.25) is 0 Å². The molecule has 2 aromatic carbocycles. The van der Waals surface area contributed by atoms with Crippen LogP contribution >= 0.6 is 0 Å². The molecular formula is C20H19FN4O4. The molecule has 2 heterocycles. The largest absolute Gasteiger partial charge is 0.445 e. The van der Waals surface area contributed by atoms with Crippen molar-refractivity contribution in [2.24, 2.45) is 0 Å². The molecule has 0 saturated carbocycles. The Kier molecular flexibility index (Phi) is 5.28. The highest BCUT2D eigenvalue weighted by molar-refractivity contribution is 5.98. The van der Waals surface area contributed by atoms with Crippen molar-refractivity contribution in [2.75, 3.05) is 31.5 Å². The molecule has 0 spiro atoms. The van der Waals surface area contributed by atoms with Gasteiger partial charge in [0, 0.05) is 26.2 Å². The lowest BCUT2D eigenvalue weighted by Gasteiger charge is -2.33. The Morgan fingerprint density at radius 1 is 1.07 bits per heavy atom. The molecular weight excluding hydrogens is 379 g/mol. The highest BCUT2D eigenvalue weighted by Gasteiger charge is 2.26. The summed E-state index contributed by atoms with van der Waals surface area (Å²) < 4.78 is 23.6. The van der Waals surface area contributed by atoms with Gasteiger partial charge in [-0.25, -0.2) is 14.0 Å². The summed E-state index contributed by atoms with van der Waals surface area (Å²) in [6.07, 6.45) is -0.489. The van der Waals surface area contributed by atoms with E-state index in [0.717, 1.165) is 5.39 Å². The predicted molar refractivity (Wildman–Crippen MR) is 103 cm³/mol. The van der Waals surface area contributed by atoms with Gasteiger partial charge < -0.3 is 19.1 Å². The maximum Gasteiger partial charge on any atom is 0.410 e. The summed E-state index contributed by atoms with van der Waals surface area (Å²) in [7, 11) is 0. The Morgan fingerprint density at radius 2 is 1.83 bits per heavy atom. The summed E-state index contributed by atoms with van der Waals surface area (Å²) in [5, 5.41) is 7.35. The van der Waals surface area contributed by atoms with Crippen LogP contribution in [-0.2, 0) is 11.3 Å². The third-order valence-corrected chi connectivity index (χ3v) is 4.68. The first kappa shape index (κ1) is 18.7. The Hall–Kier alpha value is -3.62. The van der Waals surface area contributed by atoms with E-state index in [2.05, 4.69) is 10.5 Å². The van der Waals surface area contributed by atoms with Crippen molar-refractivity contribution < 1.29 is 23.2 Å². The zero-order valence-electron chi connectivity index (χ0n) is 15.5. The normalized spacial score (nSPS) is 14.1. The third kappa shape index (κ3) is 4.29. The van der Waals surface area contributed by atoms with Crippen molar-refractivity contribution in [3.63, 3.8) is 0 Å². The number of amides is 3. The SMILES string of the molecule is O=C(Nc1noc2ccccc12)N1CCN(C(=O)OCc2cccc(F)c2)CC1. The Labute approximate surface area is 165 Å². The molecule has 1 aliphatic heterocycles. The van der Waals surface area contributed by atoms with Crippen LogP contribution in [-0.4, -0.2) is 53.3 Å².